The van der Waals surface area contributed by atoms with Gasteiger partial charge in [-0.2, -0.15) is 0 Å². The molecule has 0 radical (unpaired) electrons. The lowest BCUT2D eigenvalue weighted by atomic mass is 10.1. The minimum Gasteiger partial charge on any atom is -0.477 e. The Morgan fingerprint density at radius 3 is 2.55 bits per heavy atom. The van der Waals surface area contributed by atoms with Crippen LogP contribution in [-0.4, -0.2) is 39.1 Å². The number of nitrogens with zero attached hydrogens (tertiary/aromatic N) is 1. The molecule has 20 heavy (non-hydrogen) atoms. The third kappa shape index (κ3) is 3.63. The van der Waals surface area contributed by atoms with Crippen molar-refractivity contribution in [1.82, 2.24) is 9.88 Å². The van der Waals surface area contributed by atoms with Gasteiger partial charge in [-0.25, -0.2) is 9.59 Å². The van der Waals surface area contributed by atoms with Crippen LogP contribution in [0.15, 0.2) is 18.7 Å². The van der Waals surface area contributed by atoms with Crippen LogP contribution in [0, 0.1) is 6.92 Å². The summed E-state index contributed by atoms with van der Waals surface area (Å²) in [7, 11) is 0. The third-order valence-electron chi connectivity index (χ3n) is 2.77. The van der Waals surface area contributed by atoms with Gasteiger partial charge in [0.25, 0.3) is 0 Å². The summed E-state index contributed by atoms with van der Waals surface area (Å²) in [6.07, 6.45) is 1.63. The summed E-state index contributed by atoms with van der Waals surface area (Å²) in [6.45, 7) is 11.4. The molecular weight excluding hydrogens is 258 g/mol. The maximum atomic E-state index is 12.3. The van der Waals surface area contributed by atoms with Gasteiger partial charge in [-0.05, 0) is 33.8 Å². The lowest BCUT2D eigenvalue weighted by Crippen LogP contribution is -2.47. The van der Waals surface area contributed by atoms with Gasteiger partial charge < -0.3 is 20.3 Å². The maximum Gasteiger partial charge on any atom is 0.354 e. The minimum absolute atomic E-state index is 0.0247. The topological polar surface area (TPSA) is 85.4 Å². The first-order valence-electron chi connectivity index (χ1n) is 6.29. The van der Waals surface area contributed by atoms with Crippen molar-refractivity contribution < 1.29 is 14.7 Å². The normalized spacial score (nSPS) is 11.0. The van der Waals surface area contributed by atoms with Crippen LogP contribution >= 0.6 is 0 Å². The summed E-state index contributed by atoms with van der Waals surface area (Å²) in [5.74, 6) is -1.11. The molecule has 0 bridgehead atoms. The van der Waals surface area contributed by atoms with E-state index < -0.39 is 11.5 Å². The zero-order valence-electron chi connectivity index (χ0n) is 12.3. The van der Waals surface area contributed by atoms with Crippen LogP contribution in [0.3, 0.4) is 0 Å². The quantitative estimate of drug-likeness (QED) is 0.741. The summed E-state index contributed by atoms with van der Waals surface area (Å²) in [5, 5.41) is 11.7. The number of aromatic amines is 1. The summed E-state index contributed by atoms with van der Waals surface area (Å²) in [4.78, 5) is 27.7. The number of aromatic carboxylic acids is 1. The fourth-order valence-electron chi connectivity index (χ4n) is 1.83. The molecule has 1 heterocycles. The molecule has 0 aromatic carbocycles. The van der Waals surface area contributed by atoms with E-state index in [0.29, 0.717) is 12.2 Å². The highest BCUT2D eigenvalue weighted by Crippen LogP contribution is 2.20. The molecule has 0 spiro atoms. The van der Waals surface area contributed by atoms with Crippen molar-refractivity contribution in [3.8, 4) is 0 Å². The van der Waals surface area contributed by atoms with Crippen LogP contribution in [0.2, 0.25) is 0 Å². The molecule has 1 rings (SSSR count). The van der Waals surface area contributed by atoms with Gasteiger partial charge in [-0.1, -0.05) is 6.08 Å². The molecule has 3 N–H and O–H groups in total. The van der Waals surface area contributed by atoms with E-state index >= 15 is 0 Å². The van der Waals surface area contributed by atoms with Gasteiger partial charge in [0.05, 0.1) is 5.69 Å². The van der Waals surface area contributed by atoms with Crippen molar-refractivity contribution in [2.75, 3.05) is 11.9 Å². The maximum absolute atomic E-state index is 12.3. The zero-order chi connectivity index (χ0) is 15.5. The van der Waals surface area contributed by atoms with Gasteiger partial charge >= 0.3 is 12.0 Å². The first-order chi connectivity index (χ1) is 9.16. The van der Waals surface area contributed by atoms with Gasteiger partial charge in [-0.15, -0.1) is 6.58 Å². The van der Waals surface area contributed by atoms with Crippen molar-refractivity contribution in [1.29, 1.82) is 0 Å². The van der Waals surface area contributed by atoms with Crippen LogP contribution in [0.1, 0.15) is 37.0 Å². The minimum atomic E-state index is -1.11. The number of hydrogen-bond donors (Lipinski definition) is 3. The van der Waals surface area contributed by atoms with Gasteiger partial charge in [-0.3, -0.25) is 0 Å². The molecule has 0 aliphatic rings. The second-order valence-corrected chi connectivity index (χ2v) is 5.55. The molecule has 0 aliphatic carbocycles. The Labute approximate surface area is 118 Å². The number of rotatable bonds is 4. The van der Waals surface area contributed by atoms with Crippen molar-refractivity contribution in [2.24, 2.45) is 0 Å². The Morgan fingerprint density at radius 2 is 2.10 bits per heavy atom. The highest BCUT2D eigenvalue weighted by atomic mass is 16.4. The predicted octanol–water partition coefficient (Wildman–Crippen LogP) is 2.84. The SMILES string of the molecule is C=CCN(C(=O)Nc1cc(C)[nH]c1C(=O)O)C(C)(C)C. The number of carbonyl (C=O) groups excluding carboxylic acids is 1. The zero-order valence-corrected chi connectivity index (χ0v) is 12.3. The summed E-state index contributed by atoms with van der Waals surface area (Å²) in [6, 6.07) is 1.23. The molecule has 0 fully saturated rings. The Morgan fingerprint density at radius 1 is 1.50 bits per heavy atom. The van der Waals surface area contributed by atoms with E-state index in [-0.39, 0.29) is 17.4 Å². The Bertz CT molecular complexity index is 526. The van der Waals surface area contributed by atoms with E-state index in [0.717, 1.165) is 0 Å². The largest absolute Gasteiger partial charge is 0.477 e. The standard InChI is InChI=1S/C14H21N3O3/c1-6-7-17(14(3,4)5)13(20)16-10-8-9(2)15-11(10)12(18)19/h6,8,15H,1,7H2,2-5H3,(H,16,20)(H,18,19). The van der Waals surface area contributed by atoms with Crippen LogP contribution < -0.4 is 5.32 Å². The Hall–Kier alpha value is -2.24. The Balaban J connectivity index is 2.99. The van der Waals surface area contributed by atoms with Crippen LogP contribution in [-0.2, 0) is 0 Å². The lowest BCUT2D eigenvalue weighted by Gasteiger charge is -2.34. The fraction of sp³-hybridized carbons (Fsp3) is 0.429. The molecule has 1 aromatic heterocycles. The van der Waals surface area contributed by atoms with E-state index in [1.807, 2.05) is 20.8 Å². The number of hydrogen-bond acceptors (Lipinski definition) is 2. The number of amides is 2. The summed E-state index contributed by atoms with van der Waals surface area (Å²) in [5.41, 5.74) is 0.512. The number of anilines is 1. The van der Waals surface area contributed by atoms with Crippen LogP contribution in [0.5, 0.6) is 0 Å². The molecule has 110 valence electrons. The molecular formula is C14H21N3O3. The molecule has 6 heteroatoms. The van der Waals surface area contributed by atoms with E-state index in [4.69, 9.17) is 5.11 Å². The number of aromatic nitrogens is 1. The molecule has 0 unspecified atom stereocenters. The van der Waals surface area contributed by atoms with Crippen molar-refractivity contribution >= 4 is 17.7 Å². The molecule has 0 aliphatic heterocycles. The highest BCUT2D eigenvalue weighted by Gasteiger charge is 2.26. The number of carbonyl (C=O) groups is 2. The molecule has 0 saturated heterocycles. The summed E-state index contributed by atoms with van der Waals surface area (Å²) >= 11 is 0. The molecule has 6 nitrogen and oxygen atoms in total. The van der Waals surface area contributed by atoms with E-state index in [1.165, 1.54) is 0 Å². The first-order valence-corrected chi connectivity index (χ1v) is 6.29. The second kappa shape index (κ2) is 5.81. The molecule has 1 aromatic rings. The number of carboxylic acids is 1. The predicted molar refractivity (Wildman–Crippen MR) is 78.2 cm³/mol. The summed E-state index contributed by atoms with van der Waals surface area (Å²) < 4.78 is 0. The number of aryl methyl sites for hydroxylation is 1. The first kappa shape index (κ1) is 15.8. The number of H-pyrrole nitrogens is 1. The van der Waals surface area contributed by atoms with Crippen molar-refractivity contribution in [3.63, 3.8) is 0 Å². The van der Waals surface area contributed by atoms with Crippen molar-refractivity contribution in [2.45, 2.75) is 33.2 Å². The molecule has 2 amide bonds. The monoisotopic (exact) mass is 279 g/mol. The van der Waals surface area contributed by atoms with Gasteiger partial charge in [0.1, 0.15) is 5.69 Å². The van der Waals surface area contributed by atoms with Gasteiger partial charge in [0.2, 0.25) is 0 Å². The third-order valence-corrected chi connectivity index (χ3v) is 2.77. The molecule has 0 atom stereocenters. The van der Waals surface area contributed by atoms with Crippen molar-refractivity contribution in [3.05, 3.63) is 30.1 Å². The second-order valence-electron chi connectivity index (χ2n) is 5.55. The van der Waals surface area contributed by atoms with Crippen LogP contribution in [0.4, 0.5) is 10.5 Å². The molecule has 0 saturated carbocycles. The lowest BCUT2D eigenvalue weighted by molar-refractivity contribution is 0.0692. The number of urea groups is 1. The smallest absolute Gasteiger partial charge is 0.354 e. The Kier molecular flexibility index (Phi) is 4.60. The van der Waals surface area contributed by atoms with Crippen LogP contribution in [0.25, 0.3) is 0 Å². The fourth-order valence-corrected chi connectivity index (χ4v) is 1.83. The average molecular weight is 279 g/mol. The van der Waals surface area contributed by atoms with Gasteiger partial charge in [0, 0.05) is 17.8 Å². The van der Waals surface area contributed by atoms with E-state index in [2.05, 4.69) is 16.9 Å². The van der Waals surface area contributed by atoms with Gasteiger partial charge in [0.15, 0.2) is 0 Å². The highest BCUT2D eigenvalue weighted by molar-refractivity contribution is 5.99. The average Bonchev–Trinajstić information content (AvgIpc) is 2.65. The number of carboxylic acid groups (broad SMARTS) is 1. The van der Waals surface area contributed by atoms with E-state index in [9.17, 15) is 9.59 Å². The van der Waals surface area contributed by atoms with E-state index in [1.54, 1.807) is 24.0 Å². The number of nitrogens with one attached hydrogen (secondary N) is 2.